The number of rotatable bonds is 1. The summed E-state index contributed by atoms with van der Waals surface area (Å²) < 4.78 is 14.9. The molecule has 0 aromatic heterocycles. The number of carbonyl (C=O) groups excluding carboxylic acids is 1. The average molecular weight is 172 g/mol. The summed E-state index contributed by atoms with van der Waals surface area (Å²) in [5.41, 5.74) is 0. The highest BCUT2D eigenvalue weighted by atomic mass is 16.8. The number of fused-ring (bicyclic) bond motifs is 1. The third-order valence-electron chi connectivity index (χ3n) is 2.19. The quantitative estimate of drug-likeness (QED) is 0.375. The Morgan fingerprint density at radius 1 is 1.42 bits per heavy atom. The minimum atomic E-state index is -0.668. The van der Waals surface area contributed by atoms with Gasteiger partial charge in [0.15, 0.2) is 12.2 Å². The molecule has 2 fully saturated rings. The molecule has 0 aromatic carbocycles. The fraction of sp³-hybridized carbons (Fsp3) is 0.833. The Labute approximate surface area is 70.0 Å². The maximum absolute atomic E-state index is 10.7. The zero-order valence-electron chi connectivity index (χ0n) is 6.60. The average Bonchev–Trinajstić information content (AvgIpc) is 2.52. The van der Waals surface area contributed by atoms with Crippen LogP contribution in [0, 0.1) is 0 Å². The van der Waals surface area contributed by atoms with Gasteiger partial charge in [0.05, 0.1) is 12.6 Å². The third kappa shape index (κ3) is 0.989. The highest BCUT2D eigenvalue weighted by Gasteiger charge is 2.51. The Kier molecular flexibility index (Phi) is 1.73. The molecule has 6 heteroatoms. The first kappa shape index (κ1) is 7.88. The van der Waals surface area contributed by atoms with Gasteiger partial charge in [-0.05, 0) is 0 Å². The first-order valence-electron chi connectivity index (χ1n) is 3.86. The lowest BCUT2D eigenvalue weighted by atomic mass is 9.93. The second-order valence-electron chi connectivity index (χ2n) is 2.98. The van der Waals surface area contributed by atoms with Crippen molar-refractivity contribution < 1.29 is 24.1 Å². The summed E-state index contributed by atoms with van der Waals surface area (Å²) in [7, 11) is 1.79. The number of aliphatic hydroxyl groups excluding tert-OH is 1. The fourth-order valence-corrected chi connectivity index (χ4v) is 1.61. The Bertz CT molecular complexity index is 208. The molecule has 2 heterocycles. The monoisotopic (exact) mass is 172 g/mol. The van der Waals surface area contributed by atoms with Gasteiger partial charge in [-0.1, -0.05) is 0 Å². The number of aliphatic hydroxyl groups is 1. The van der Waals surface area contributed by atoms with E-state index in [1.165, 1.54) is 0 Å². The Hall–Kier alpha value is -0.745. The van der Waals surface area contributed by atoms with Crippen molar-refractivity contribution in [2.75, 3.05) is 6.61 Å². The lowest BCUT2D eigenvalue weighted by Gasteiger charge is -2.10. The minimum absolute atomic E-state index is 0.151. The highest BCUT2D eigenvalue weighted by Crippen LogP contribution is 2.30. The first-order valence-corrected chi connectivity index (χ1v) is 3.86. The third-order valence-corrected chi connectivity index (χ3v) is 2.19. The molecule has 2 aliphatic rings. The standard InChI is InChI=1S/C6H9BO5/c7-5-4-3(2(1-8)10-5)11-6(9)12-4/h2-5,8H,1,7H2/t2-,3+,4?,5-/m1/s1. The molecule has 2 aliphatic heterocycles. The van der Waals surface area contributed by atoms with Gasteiger partial charge in [-0.15, -0.1) is 0 Å². The molecule has 0 saturated carbocycles. The number of hydrogen-bond acceptors (Lipinski definition) is 5. The van der Waals surface area contributed by atoms with Crippen LogP contribution in [0.4, 0.5) is 4.79 Å². The molecule has 2 saturated heterocycles. The molecule has 5 nitrogen and oxygen atoms in total. The van der Waals surface area contributed by atoms with Crippen molar-refractivity contribution in [3.8, 4) is 0 Å². The second-order valence-corrected chi connectivity index (χ2v) is 2.98. The van der Waals surface area contributed by atoms with E-state index in [1.54, 1.807) is 7.85 Å². The van der Waals surface area contributed by atoms with Crippen LogP contribution < -0.4 is 0 Å². The SMILES string of the molecule is B[C@@H]1O[C@H](CO)[C@@H]2OC(=O)OC12. The van der Waals surface area contributed by atoms with Crippen molar-refractivity contribution >= 4 is 14.0 Å². The van der Waals surface area contributed by atoms with Gasteiger partial charge in [0.1, 0.15) is 14.0 Å². The maximum Gasteiger partial charge on any atom is 0.509 e. The second kappa shape index (κ2) is 2.64. The van der Waals surface area contributed by atoms with E-state index in [9.17, 15) is 4.79 Å². The Balaban J connectivity index is 2.13. The summed E-state index contributed by atoms with van der Waals surface area (Å²) in [5.74, 6) is 0. The van der Waals surface area contributed by atoms with E-state index in [1.807, 2.05) is 0 Å². The lowest BCUT2D eigenvalue weighted by Crippen LogP contribution is -2.31. The fourth-order valence-electron chi connectivity index (χ4n) is 1.61. The molecule has 0 aliphatic carbocycles. The van der Waals surface area contributed by atoms with Crippen molar-refractivity contribution in [3.63, 3.8) is 0 Å². The summed E-state index contributed by atoms with van der Waals surface area (Å²) in [5, 5.41) is 8.85. The molecule has 0 amide bonds. The molecule has 12 heavy (non-hydrogen) atoms. The van der Waals surface area contributed by atoms with Gasteiger partial charge < -0.3 is 19.3 Å². The first-order chi connectivity index (χ1) is 5.72. The topological polar surface area (TPSA) is 65.0 Å². The predicted molar refractivity (Wildman–Crippen MR) is 39.4 cm³/mol. The van der Waals surface area contributed by atoms with Crippen LogP contribution in [0.2, 0.25) is 0 Å². The molecular weight excluding hydrogens is 163 g/mol. The summed E-state index contributed by atoms with van der Waals surface area (Å²) in [6, 6.07) is -0.196. The number of hydrogen-bond donors (Lipinski definition) is 1. The van der Waals surface area contributed by atoms with Crippen LogP contribution in [0.3, 0.4) is 0 Å². The molecule has 0 bridgehead atoms. The van der Waals surface area contributed by atoms with Crippen LogP contribution in [0.25, 0.3) is 0 Å². The molecule has 0 spiro atoms. The summed E-state index contributed by atoms with van der Waals surface area (Å²) >= 11 is 0. The maximum atomic E-state index is 10.7. The van der Waals surface area contributed by atoms with Crippen LogP contribution >= 0.6 is 0 Å². The van der Waals surface area contributed by atoms with Crippen molar-refractivity contribution in [1.82, 2.24) is 0 Å². The van der Waals surface area contributed by atoms with Crippen molar-refractivity contribution in [2.24, 2.45) is 0 Å². The van der Waals surface area contributed by atoms with Gasteiger partial charge in [0, 0.05) is 0 Å². The molecule has 2 rings (SSSR count). The molecule has 4 atom stereocenters. The van der Waals surface area contributed by atoms with E-state index in [-0.39, 0.29) is 18.7 Å². The van der Waals surface area contributed by atoms with E-state index in [0.29, 0.717) is 0 Å². The zero-order chi connectivity index (χ0) is 8.72. The zero-order valence-corrected chi connectivity index (χ0v) is 6.60. The molecule has 0 aromatic rings. The van der Waals surface area contributed by atoms with E-state index in [2.05, 4.69) is 0 Å². The summed E-state index contributed by atoms with van der Waals surface area (Å²) in [6.07, 6.45) is -1.89. The highest BCUT2D eigenvalue weighted by molar-refractivity contribution is 6.11. The van der Waals surface area contributed by atoms with E-state index >= 15 is 0 Å². The largest absolute Gasteiger partial charge is 0.509 e. The van der Waals surface area contributed by atoms with Gasteiger partial charge in [-0.25, -0.2) is 4.79 Å². The van der Waals surface area contributed by atoms with Crippen molar-refractivity contribution in [3.05, 3.63) is 0 Å². The summed E-state index contributed by atoms with van der Waals surface area (Å²) in [4.78, 5) is 10.7. The van der Waals surface area contributed by atoms with Gasteiger partial charge in [0.2, 0.25) is 0 Å². The van der Waals surface area contributed by atoms with Crippen LogP contribution in [-0.2, 0) is 14.2 Å². The summed E-state index contributed by atoms with van der Waals surface area (Å²) in [6.45, 7) is -0.151. The Morgan fingerprint density at radius 3 is 2.75 bits per heavy atom. The van der Waals surface area contributed by atoms with Crippen molar-refractivity contribution in [2.45, 2.75) is 24.3 Å². The van der Waals surface area contributed by atoms with Crippen molar-refractivity contribution in [1.29, 1.82) is 0 Å². The van der Waals surface area contributed by atoms with Gasteiger partial charge >= 0.3 is 6.16 Å². The van der Waals surface area contributed by atoms with Crippen LogP contribution in [-0.4, -0.2) is 50.0 Å². The molecule has 1 unspecified atom stereocenters. The molecule has 0 radical (unpaired) electrons. The number of ether oxygens (including phenoxy) is 3. The lowest BCUT2D eigenvalue weighted by molar-refractivity contribution is -0.0189. The van der Waals surface area contributed by atoms with E-state index in [4.69, 9.17) is 19.3 Å². The van der Waals surface area contributed by atoms with Crippen LogP contribution in [0.1, 0.15) is 0 Å². The number of carbonyl (C=O) groups is 1. The minimum Gasteiger partial charge on any atom is -0.425 e. The van der Waals surface area contributed by atoms with Gasteiger partial charge in [-0.2, -0.15) is 0 Å². The van der Waals surface area contributed by atoms with Crippen LogP contribution in [0.15, 0.2) is 0 Å². The van der Waals surface area contributed by atoms with E-state index < -0.39 is 18.4 Å². The van der Waals surface area contributed by atoms with Crippen LogP contribution in [0.5, 0.6) is 0 Å². The predicted octanol–water partition coefficient (Wildman–Crippen LogP) is -1.76. The molecule has 1 N–H and O–H groups in total. The van der Waals surface area contributed by atoms with E-state index in [0.717, 1.165) is 0 Å². The van der Waals surface area contributed by atoms with Gasteiger partial charge in [0.25, 0.3) is 0 Å². The molecule has 66 valence electrons. The molecular formula is C6H9BO5. The normalized spacial score (nSPS) is 45.2. The van der Waals surface area contributed by atoms with Gasteiger partial charge in [-0.3, -0.25) is 0 Å². The smallest absolute Gasteiger partial charge is 0.425 e. The Morgan fingerprint density at radius 2 is 2.08 bits per heavy atom.